The molecule has 16 heavy (non-hydrogen) atoms. The molecule has 0 fully saturated rings. The van der Waals surface area contributed by atoms with Crippen LogP contribution in [0.25, 0.3) is 11.5 Å². The molecule has 0 spiro atoms. The van der Waals surface area contributed by atoms with Gasteiger partial charge in [0.05, 0.1) is 6.42 Å². The summed E-state index contributed by atoms with van der Waals surface area (Å²) in [6, 6.07) is 5.50. The molecule has 0 unspecified atom stereocenters. The van der Waals surface area contributed by atoms with Crippen LogP contribution in [-0.4, -0.2) is 16.1 Å². The number of nitrogens with one attached hydrogen (secondary N) is 1. The van der Waals surface area contributed by atoms with E-state index >= 15 is 0 Å². The third-order valence-corrected chi connectivity index (χ3v) is 2.42. The average Bonchev–Trinajstić information content (AvgIpc) is 2.81. The van der Waals surface area contributed by atoms with Gasteiger partial charge in [0.15, 0.2) is 0 Å². The molecule has 1 amide bonds. The Morgan fingerprint density at radius 2 is 2.25 bits per heavy atom. The first-order valence-electron chi connectivity index (χ1n) is 4.74. The van der Waals surface area contributed by atoms with Crippen LogP contribution in [0.5, 0.6) is 0 Å². The number of carbonyl (C=O) groups excluding carboxylic acids is 1. The van der Waals surface area contributed by atoms with Crippen molar-refractivity contribution in [3.63, 3.8) is 0 Å². The van der Waals surface area contributed by atoms with Gasteiger partial charge in [-0.15, -0.1) is 5.10 Å². The molecule has 1 aliphatic rings. The topological polar surface area (TPSA) is 94.0 Å². The highest BCUT2D eigenvalue weighted by Gasteiger charge is 2.18. The fourth-order valence-corrected chi connectivity index (χ4v) is 1.71. The summed E-state index contributed by atoms with van der Waals surface area (Å²) in [4.78, 5) is 11.2. The second kappa shape index (κ2) is 3.06. The van der Waals surface area contributed by atoms with Gasteiger partial charge in [0, 0.05) is 11.3 Å². The summed E-state index contributed by atoms with van der Waals surface area (Å²) < 4.78 is 5.11. The van der Waals surface area contributed by atoms with Gasteiger partial charge < -0.3 is 15.5 Å². The van der Waals surface area contributed by atoms with Gasteiger partial charge in [-0.25, -0.2) is 0 Å². The van der Waals surface area contributed by atoms with Gasteiger partial charge in [-0.05, 0) is 23.8 Å². The predicted molar refractivity (Wildman–Crippen MR) is 56.5 cm³/mol. The lowest BCUT2D eigenvalue weighted by Crippen LogP contribution is -2.03. The van der Waals surface area contributed by atoms with Crippen LogP contribution < -0.4 is 11.1 Å². The van der Waals surface area contributed by atoms with E-state index in [1.165, 1.54) is 0 Å². The number of anilines is 2. The Kier molecular flexibility index (Phi) is 1.70. The number of aromatic nitrogens is 2. The maximum Gasteiger partial charge on any atom is 0.313 e. The number of benzene rings is 1. The Hall–Kier alpha value is -2.37. The van der Waals surface area contributed by atoms with E-state index in [2.05, 4.69) is 15.5 Å². The Morgan fingerprint density at radius 1 is 1.38 bits per heavy atom. The highest BCUT2D eigenvalue weighted by atomic mass is 16.4. The van der Waals surface area contributed by atoms with Crippen molar-refractivity contribution >= 4 is 17.6 Å². The smallest absolute Gasteiger partial charge is 0.313 e. The van der Waals surface area contributed by atoms with Gasteiger partial charge in [0.1, 0.15) is 0 Å². The molecule has 2 aromatic rings. The van der Waals surface area contributed by atoms with Crippen molar-refractivity contribution < 1.29 is 9.21 Å². The maximum atomic E-state index is 11.2. The van der Waals surface area contributed by atoms with Gasteiger partial charge in [-0.1, -0.05) is 5.10 Å². The number of fused-ring (bicyclic) bond motifs is 1. The Morgan fingerprint density at radius 3 is 3.00 bits per heavy atom. The standard InChI is InChI=1S/C10H8N4O2/c11-10-14-13-9(16-10)5-1-2-7-6(3-5)4-8(15)12-7/h1-3H,4H2,(H2,11,14)(H,12,15). The summed E-state index contributed by atoms with van der Waals surface area (Å²) in [5, 5.41) is 10.1. The molecule has 0 bridgehead atoms. The minimum Gasteiger partial charge on any atom is -0.404 e. The zero-order chi connectivity index (χ0) is 11.1. The van der Waals surface area contributed by atoms with Crippen LogP contribution in [0.2, 0.25) is 0 Å². The highest BCUT2D eigenvalue weighted by Crippen LogP contribution is 2.28. The number of rotatable bonds is 1. The first kappa shape index (κ1) is 8.90. The first-order valence-corrected chi connectivity index (χ1v) is 4.74. The van der Waals surface area contributed by atoms with E-state index in [0.29, 0.717) is 12.3 Å². The molecule has 0 atom stereocenters. The Bertz CT molecular complexity index is 576. The minimum atomic E-state index is -0.00260. The number of amides is 1. The van der Waals surface area contributed by atoms with Crippen LogP contribution in [0.15, 0.2) is 22.6 Å². The molecule has 6 nitrogen and oxygen atoms in total. The number of carbonyl (C=O) groups is 1. The van der Waals surface area contributed by atoms with Crippen LogP contribution in [-0.2, 0) is 11.2 Å². The summed E-state index contributed by atoms with van der Waals surface area (Å²) in [5.41, 5.74) is 7.87. The quantitative estimate of drug-likeness (QED) is 0.735. The van der Waals surface area contributed by atoms with E-state index in [1.807, 2.05) is 12.1 Å². The van der Waals surface area contributed by atoms with Crippen molar-refractivity contribution in [2.24, 2.45) is 0 Å². The molecule has 1 aliphatic heterocycles. The van der Waals surface area contributed by atoms with Gasteiger partial charge in [-0.3, -0.25) is 4.79 Å². The molecule has 3 N–H and O–H groups in total. The molecule has 1 aromatic heterocycles. The van der Waals surface area contributed by atoms with E-state index in [9.17, 15) is 4.79 Å². The van der Waals surface area contributed by atoms with Crippen molar-refractivity contribution in [2.45, 2.75) is 6.42 Å². The Labute approximate surface area is 90.5 Å². The second-order valence-electron chi connectivity index (χ2n) is 3.54. The predicted octanol–water partition coefficient (Wildman–Crippen LogP) is 0.813. The third kappa shape index (κ3) is 1.31. The molecule has 3 rings (SSSR count). The number of hydrogen-bond donors (Lipinski definition) is 2. The number of hydrogen-bond acceptors (Lipinski definition) is 5. The number of nitrogen functional groups attached to an aromatic ring is 1. The van der Waals surface area contributed by atoms with Crippen LogP contribution in [0.1, 0.15) is 5.56 Å². The molecule has 0 saturated carbocycles. The fourth-order valence-electron chi connectivity index (χ4n) is 1.71. The molecule has 6 heteroatoms. The van der Waals surface area contributed by atoms with Gasteiger partial charge in [0.2, 0.25) is 11.8 Å². The van der Waals surface area contributed by atoms with Gasteiger partial charge in [0.25, 0.3) is 0 Å². The highest BCUT2D eigenvalue weighted by molar-refractivity contribution is 5.99. The molecular formula is C10H8N4O2. The van der Waals surface area contributed by atoms with Crippen LogP contribution >= 0.6 is 0 Å². The van der Waals surface area contributed by atoms with Crippen molar-refractivity contribution in [3.05, 3.63) is 23.8 Å². The third-order valence-electron chi connectivity index (χ3n) is 2.42. The van der Waals surface area contributed by atoms with E-state index < -0.39 is 0 Å². The van der Waals surface area contributed by atoms with E-state index in [0.717, 1.165) is 16.8 Å². The fraction of sp³-hybridized carbons (Fsp3) is 0.100. The summed E-state index contributed by atoms with van der Waals surface area (Å²) in [5.74, 6) is 0.358. The number of nitrogens with two attached hydrogens (primary N) is 1. The normalized spacial score (nSPS) is 13.6. The van der Waals surface area contributed by atoms with Crippen molar-refractivity contribution in [1.29, 1.82) is 0 Å². The summed E-state index contributed by atoms with van der Waals surface area (Å²) >= 11 is 0. The largest absolute Gasteiger partial charge is 0.404 e. The van der Waals surface area contributed by atoms with Crippen molar-refractivity contribution in [3.8, 4) is 11.5 Å². The van der Waals surface area contributed by atoms with Crippen LogP contribution in [0.3, 0.4) is 0 Å². The zero-order valence-corrected chi connectivity index (χ0v) is 8.23. The van der Waals surface area contributed by atoms with Gasteiger partial charge in [-0.2, -0.15) is 0 Å². The van der Waals surface area contributed by atoms with Crippen molar-refractivity contribution in [2.75, 3.05) is 11.1 Å². The lowest BCUT2D eigenvalue weighted by atomic mass is 10.1. The molecule has 80 valence electrons. The van der Waals surface area contributed by atoms with E-state index in [1.54, 1.807) is 6.07 Å². The molecule has 0 aliphatic carbocycles. The minimum absolute atomic E-state index is 0.00260. The van der Waals surface area contributed by atoms with Gasteiger partial charge >= 0.3 is 6.01 Å². The van der Waals surface area contributed by atoms with E-state index in [-0.39, 0.29) is 11.9 Å². The molecule has 0 saturated heterocycles. The second-order valence-corrected chi connectivity index (χ2v) is 3.54. The molecular weight excluding hydrogens is 208 g/mol. The molecule has 2 heterocycles. The molecule has 1 aromatic carbocycles. The lowest BCUT2D eigenvalue weighted by Gasteiger charge is -1.99. The summed E-state index contributed by atoms with van der Waals surface area (Å²) in [6.45, 7) is 0. The summed E-state index contributed by atoms with van der Waals surface area (Å²) in [7, 11) is 0. The zero-order valence-electron chi connectivity index (χ0n) is 8.23. The SMILES string of the molecule is Nc1nnc(-c2ccc3c(c2)CC(=O)N3)o1. The Balaban J connectivity index is 2.05. The first-order chi connectivity index (χ1) is 7.72. The van der Waals surface area contributed by atoms with Crippen LogP contribution in [0.4, 0.5) is 11.7 Å². The maximum absolute atomic E-state index is 11.2. The lowest BCUT2D eigenvalue weighted by molar-refractivity contribution is -0.115. The average molecular weight is 216 g/mol. The number of nitrogens with zero attached hydrogens (tertiary/aromatic N) is 2. The monoisotopic (exact) mass is 216 g/mol. The summed E-state index contributed by atoms with van der Waals surface area (Å²) in [6.07, 6.45) is 0.382. The van der Waals surface area contributed by atoms with Crippen LogP contribution in [0, 0.1) is 0 Å². The molecule has 0 radical (unpaired) electrons. The van der Waals surface area contributed by atoms with E-state index in [4.69, 9.17) is 10.2 Å². The van der Waals surface area contributed by atoms with Crippen molar-refractivity contribution in [1.82, 2.24) is 10.2 Å².